The summed E-state index contributed by atoms with van der Waals surface area (Å²) in [5.74, 6) is 0.444. The average molecular weight is 222 g/mol. The lowest BCUT2D eigenvalue weighted by Gasteiger charge is -2.11. The normalized spacial score (nSPS) is 10.5. The van der Waals surface area contributed by atoms with Crippen molar-refractivity contribution in [3.05, 3.63) is 29.3 Å². The molecule has 3 heteroatoms. The van der Waals surface area contributed by atoms with Crippen LogP contribution in [0.25, 0.3) is 0 Å². The average Bonchev–Trinajstić information content (AvgIpc) is 2.25. The maximum Gasteiger partial charge on any atom is 0.303 e. The van der Waals surface area contributed by atoms with E-state index in [2.05, 4.69) is 19.9 Å². The van der Waals surface area contributed by atoms with Gasteiger partial charge in [0.2, 0.25) is 0 Å². The molecule has 0 saturated carbocycles. The van der Waals surface area contributed by atoms with Crippen molar-refractivity contribution in [1.82, 2.24) is 0 Å². The number of rotatable bonds is 5. The number of carbonyl (C=O) groups is 1. The molecule has 0 aromatic heterocycles. The molecule has 1 aromatic rings. The fourth-order valence-electron chi connectivity index (χ4n) is 1.53. The van der Waals surface area contributed by atoms with Gasteiger partial charge in [0.05, 0.1) is 7.11 Å². The molecule has 0 aliphatic heterocycles. The molecule has 3 nitrogen and oxygen atoms in total. The summed E-state index contributed by atoms with van der Waals surface area (Å²) in [6.45, 7) is 4.21. The topological polar surface area (TPSA) is 46.5 Å². The van der Waals surface area contributed by atoms with E-state index in [1.165, 1.54) is 5.56 Å². The minimum absolute atomic E-state index is 0.157. The first-order valence-electron chi connectivity index (χ1n) is 5.42. The van der Waals surface area contributed by atoms with E-state index in [1.54, 1.807) is 7.11 Å². The highest BCUT2D eigenvalue weighted by Crippen LogP contribution is 2.23. The van der Waals surface area contributed by atoms with Gasteiger partial charge in [-0.2, -0.15) is 0 Å². The number of benzene rings is 1. The zero-order valence-electron chi connectivity index (χ0n) is 9.99. The molecule has 0 spiro atoms. The number of ether oxygens (including phenoxy) is 1. The Morgan fingerprint density at radius 3 is 2.56 bits per heavy atom. The number of hydrogen-bond donors (Lipinski definition) is 1. The van der Waals surface area contributed by atoms with Crippen molar-refractivity contribution >= 4 is 5.97 Å². The monoisotopic (exact) mass is 222 g/mol. The van der Waals surface area contributed by atoms with Crippen molar-refractivity contribution in [3.63, 3.8) is 0 Å². The van der Waals surface area contributed by atoms with Crippen LogP contribution in [0.5, 0.6) is 5.75 Å². The molecule has 1 rings (SSSR count). The summed E-state index contributed by atoms with van der Waals surface area (Å²) in [4.78, 5) is 10.5. The lowest BCUT2D eigenvalue weighted by molar-refractivity contribution is -0.136. The Balaban J connectivity index is 2.90. The van der Waals surface area contributed by atoms with Crippen LogP contribution in [-0.2, 0) is 11.2 Å². The number of carboxylic acids is 1. The van der Waals surface area contributed by atoms with Crippen LogP contribution in [0.1, 0.15) is 37.3 Å². The summed E-state index contributed by atoms with van der Waals surface area (Å²) < 4.78 is 5.21. The minimum Gasteiger partial charge on any atom is -0.497 e. The predicted octanol–water partition coefficient (Wildman–Crippen LogP) is 2.84. The van der Waals surface area contributed by atoms with E-state index in [-0.39, 0.29) is 6.42 Å². The molecule has 0 amide bonds. The van der Waals surface area contributed by atoms with Gasteiger partial charge in [0.1, 0.15) is 5.75 Å². The molecule has 0 atom stereocenters. The van der Waals surface area contributed by atoms with Crippen molar-refractivity contribution in [1.29, 1.82) is 0 Å². The summed E-state index contributed by atoms with van der Waals surface area (Å²) in [5, 5.41) is 8.65. The molecular weight excluding hydrogens is 204 g/mol. The van der Waals surface area contributed by atoms with Gasteiger partial charge in [-0.3, -0.25) is 4.79 Å². The smallest absolute Gasteiger partial charge is 0.303 e. The summed E-state index contributed by atoms with van der Waals surface area (Å²) in [6.07, 6.45) is 0.705. The first kappa shape index (κ1) is 12.6. The molecule has 0 heterocycles. The molecule has 0 unspecified atom stereocenters. The second-order valence-corrected chi connectivity index (χ2v) is 4.16. The second kappa shape index (κ2) is 5.54. The van der Waals surface area contributed by atoms with Crippen molar-refractivity contribution < 1.29 is 14.6 Å². The largest absolute Gasteiger partial charge is 0.497 e. The van der Waals surface area contributed by atoms with Crippen molar-refractivity contribution in [3.8, 4) is 5.75 Å². The quantitative estimate of drug-likeness (QED) is 0.833. The van der Waals surface area contributed by atoms with Crippen LogP contribution in [-0.4, -0.2) is 18.2 Å². The fourth-order valence-corrected chi connectivity index (χ4v) is 1.53. The number of aryl methyl sites for hydroxylation is 1. The van der Waals surface area contributed by atoms with Crippen molar-refractivity contribution in [2.75, 3.05) is 7.11 Å². The molecular formula is C13H18O3. The molecule has 0 aliphatic rings. The zero-order chi connectivity index (χ0) is 12.1. The summed E-state index contributed by atoms with van der Waals surface area (Å²) >= 11 is 0. The molecule has 0 aliphatic carbocycles. The van der Waals surface area contributed by atoms with E-state index in [4.69, 9.17) is 9.84 Å². The van der Waals surface area contributed by atoms with Gasteiger partial charge in [-0.15, -0.1) is 0 Å². The number of carboxylic acid groups (broad SMARTS) is 1. The Morgan fingerprint density at radius 2 is 2.06 bits per heavy atom. The molecule has 16 heavy (non-hydrogen) atoms. The number of aliphatic carboxylic acids is 1. The Kier molecular flexibility index (Phi) is 4.35. The van der Waals surface area contributed by atoms with Crippen molar-refractivity contribution in [2.24, 2.45) is 0 Å². The summed E-state index contributed by atoms with van der Waals surface area (Å²) in [5.41, 5.74) is 2.20. The number of hydrogen-bond acceptors (Lipinski definition) is 2. The third-order valence-corrected chi connectivity index (χ3v) is 2.52. The highest BCUT2D eigenvalue weighted by Gasteiger charge is 2.06. The van der Waals surface area contributed by atoms with Crippen LogP contribution in [0, 0.1) is 0 Å². The van der Waals surface area contributed by atoms with Gasteiger partial charge in [-0.1, -0.05) is 19.9 Å². The predicted molar refractivity (Wildman–Crippen MR) is 63.0 cm³/mol. The molecule has 1 N–H and O–H groups in total. The highest BCUT2D eigenvalue weighted by molar-refractivity contribution is 5.67. The molecule has 1 aromatic carbocycles. The van der Waals surface area contributed by atoms with Crippen LogP contribution in [0.4, 0.5) is 0 Å². The van der Waals surface area contributed by atoms with E-state index >= 15 is 0 Å². The van der Waals surface area contributed by atoms with E-state index in [0.717, 1.165) is 11.3 Å². The van der Waals surface area contributed by atoms with Crippen LogP contribution in [0.15, 0.2) is 18.2 Å². The van der Waals surface area contributed by atoms with Gasteiger partial charge in [-0.05, 0) is 35.6 Å². The third-order valence-electron chi connectivity index (χ3n) is 2.52. The van der Waals surface area contributed by atoms with E-state index in [9.17, 15) is 4.79 Å². The molecule has 0 saturated heterocycles. The molecule has 88 valence electrons. The van der Waals surface area contributed by atoms with Crippen LogP contribution < -0.4 is 4.74 Å². The van der Waals surface area contributed by atoms with E-state index in [0.29, 0.717) is 12.3 Å². The first-order chi connectivity index (χ1) is 7.52. The van der Waals surface area contributed by atoms with Crippen molar-refractivity contribution in [2.45, 2.75) is 32.6 Å². The summed E-state index contributed by atoms with van der Waals surface area (Å²) in [7, 11) is 1.63. The zero-order valence-corrected chi connectivity index (χ0v) is 9.99. The lowest BCUT2D eigenvalue weighted by Crippen LogP contribution is -1.99. The Hall–Kier alpha value is -1.51. The van der Waals surface area contributed by atoms with E-state index < -0.39 is 5.97 Å². The Bertz CT molecular complexity index is 369. The minimum atomic E-state index is -0.770. The molecule has 0 radical (unpaired) electrons. The van der Waals surface area contributed by atoms with Gasteiger partial charge >= 0.3 is 5.97 Å². The van der Waals surface area contributed by atoms with Gasteiger partial charge < -0.3 is 9.84 Å². The summed E-state index contributed by atoms with van der Waals surface area (Å²) in [6, 6.07) is 5.94. The first-order valence-corrected chi connectivity index (χ1v) is 5.42. The van der Waals surface area contributed by atoms with Gasteiger partial charge in [0.25, 0.3) is 0 Å². The second-order valence-electron chi connectivity index (χ2n) is 4.16. The molecule has 0 bridgehead atoms. The van der Waals surface area contributed by atoms with E-state index in [1.807, 2.05) is 12.1 Å². The fraction of sp³-hybridized carbons (Fsp3) is 0.462. The maximum absolute atomic E-state index is 10.5. The highest BCUT2D eigenvalue weighted by atomic mass is 16.5. The third kappa shape index (κ3) is 3.57. The number of methoxy groups -OCH3 is 1. The standard InChI is InChI=1S/C13H18O3/c1-9(2)11-6-10(4-5-13(14)15)7-12(8-11)16-3/h6-9H,4-5H2,1-3H3,(H,14,15). The maximum atomic E-state index is 10.5. The SMILES string of the molecule is COc1cc(CCC(=O)O)cc(C(C)C)c1. The van der Waals surface area contributed by atoms with Gasteiger partial charge in [0, 0.05) is 6.42 Å². The van der Waals surface area contributed by atoms with Crippen LogP contribution in [0.2, 0.25) is 0 Å². The van der Waals surface area contributed by atoms with Crippen LogP contribution in [0.3, 0.4) is 0 Å². The van der Waals surface area contributed by atoms with Gasteiger partial charge in [-0.25, -0.2) is 0 Å². The van der Waals surface area contributed by atoms with Crippen LogP contribution >= 0.6 is 0 Å². The Labute approximate surface area is 96.1 Å². The molecule has 0 fully saturated rings. The lowest BCUT2D eigenvalue weighted by atomic mass is 9.98. The Morgan fingerprint density at radius 1 is 1.38 bits per heavy atom. The van der Waals surface area contributed by atoms with Gasteiger partial charge in [0.15, 0.2) is 0 Å².